The number of halogens is 1. The first kappa shape index (κ1) is 16.1. The number of anilines is 1. The number of carboxylic acids is 1. The number of methoxy groups -OCH3 is 1. The van der Waals surface area contributed by atoms with E-state index in [1.165, 1.54) is 49.6 Å². The van der Waals surface area contributed by atoms with Crippen LogP contribution in [0.2, 0.25) is 5.02 Å². The number of nitrogens with one attached hydrogen (secondary N) is 1. The van der Waals surface area contributed by atoms with E-state index < -0.39 is 16.0 Å². The number of rotatable bonds is 5. The van der Waals surface area contributed by atoms with Crippen molar-refractivity contribution < 1.29 is 23.1 Å². The maximum atomic E-state index is 12.4. The number of carboxylic acid groups (broad SMARTS) is 1. The van der Waals surface area contributed by atoms with Crippen molar-refractivity contribution in [2.45, 2.75) is 4.90 Å². The molecule has 0 spiro atoms. The van der Waals surface area contributed by atoms with Gasteiger partial charge in [0.1, 0.15) is 10.6 Å². The van der Waals surface area contributed by atoms with E-state index >= 15 is 0 Å². The summed E-state index contributed by atoms with van der Waals surface area (Å²) in [4.78, 5) is 10.7. The number of ether oxygens (including phenoxy) is 1. The maximum Gasteiger partial charge on any atom is 0.335 e. The van der Waals surface area contributed by atoms with Crippen molar-refractivity contribution in [1.82, 2.24) is 0 Å². The van der Waals surface area contributed by atoms with E-state index in [0.29, 0.717) is 0 Å². The van der Waals surface area contributed by atoms with Gasteiger partial charge in [-0.15, -0.1) is 0 Å². The first-order valence-corrected chi connectivity index (χ1v) is 7.89. The fourth-order valence-electron chi connectivity index (χ4n) is 1.75. The average molecular weight is 342 g/mol. The first-order chi connectivity index (χ1) is 10.3. The lowest BCUT2D eigenvalue weighted by Gasteiger charge is -2.12. The molecule has 116 valence electrons. The summed E-state index contributed by atoms with van der Waals surface area (Å²) in [5.41, 5.74) is 0.287. The molecule has 0 saturated heterocycles. The Labute approximate surface area is 132 Å². The summed E-state index contributed by atoms with van der Waals surface area (Å²) in [5.74, 6) is -0.940. The SMILES string of the molecule is COc1ccc(Cl)cc1S(=O)(=O)Nc1ccc(C(=O)O)cc1. The topological polar surface area (TPSA) is 92.7 Å². The summed E-state index contributed by atoms with van der Waals surface area (Å²) in [7, 11) is -2.57. The van der Waals surface area contributed by atoms with Crippen LogP contribution in [-0.4, -0.2) is 26.6 Å². The van der Waals surface area contributed by atoms with E-state index in [1.807, 2.05) is 0 Å². The van der Waals surface area contributed by atoms with E-state index in [2.05, 4.69) is 4.72 Å². The van der Waals surface area contributed by atoms with Gasteiger partial charge in [0.2, 0.25) is 0 Å². The van der Waals surface area contributed by atoms with Gasteiger partial charge in [-0.2, -0.15) is 0 Å². The second-order valence-electron chi connectivity index (χ2n) is 4.28. The van der Waals surface area contributed by atoms with E-state index in [-0.39, 0.29) is 26.9 Å². The zero-order valence-electron chi connectivity index (χ0n) is 11.4. The summed E-state index contributed by atoms with van der Waals surface area (Å²) < 4.78 is 32.1. The van der Waals surface area contributed by atoms with Gasteiger partial charge in [0.05, 0.1) is 12.7 Å². The highest BCUT2D eigenvalue weighted by Crippen LogP contribution is 2.28. The third kappa shape index (κ3) is 3.49. The molecule has 8 heteroatoms. The van der Waals surface area contributed by atoms with Crippen molar-refractivity contribution in [2.75, 3.05) is 11.8 Å². The highest BCUT2D eigenvalue weighted by Gasteiger charge is 2.20. The third-order valence-electron chi connectivity index (χ3n) is 2.80. The molecule has 2 N–H and O–H groups in total. The molecular formula is C14H12ClNO5S. The Kier molecular flexibility index (Phi) is 4.58. The number of hydrogen-bond acceptors (Lipinski definition) is 4. The molecule has 0 unspecified atom stereocenters. The summed E-state index contributed by atoms with van der Waals surface area (Å²) >= 11 is 5.83. The molecule has 0 fully saturated rings. The highest BCUT2D eigenvalue weighted by atomic mass is 35.5. The molecule has 0 aliphatic rings. The van der Waals surface area contributed by atoms with Crippen LogP contribution >= 0.6 is 11.6 Å². The Morgan fingerprint density at radius 3 is 2.36 bits per heavy atom. The predicted octanol–water partition coefficient (Wildman–Crippen LogP) is 2.85. The molecule has 2 aromatic rings. The summed E-state index contributed by atoms with van der Waals surface area (Å²) in [6, 6.07) is 9.56. The Hall–Kier alpha value is -2.25. The molecule has 2 aromatic carbocycles. The largest absolute Gasteiger partial charge is 0.495 e. The van der Waals surface area contributed by atoms with Gasteiger partial charge >= 0.3 is 5.97 Å². The van der Waals surface area contributed by atoms with Crippen molar-refractivity contribution in [3.8, 4) is 5.75 Å². The second kappa shape index (κ2) is 6.25. The van der Waals surface area contributed by atoms with Crippen LogP contribution in [0.5, 0.6) is 5.75 Å². The first-order valence-electron chi connectivity index (χ1n) is 6.03. The summed E-state index contributed by atoms with van der Waals surface area (Å²) in [6.45, 7) is 0. The molecule has 0 amide bonds. The molecule has 0 atom stereocenters. The van der Waals surface area contributed by atoms with Crippen LogP contribution in [0.15, 0.2) is 47.4 Å². The van der Waals surface area contributed by atoms with Gasteiger partial charge in [-0.3, -0.25) is 4.72 Å². The maximum absolute atomic E-state index is 12.4. The van der Waals surface area contributed by atoms with Crippen LogP contribution in [0.3, 0.4) is 0 Å². The minimum Gasteiger partial charge on any atom is -0.495 e. The minimum absolute atomic E-state index is 0.0586. The van der Waals surface area contributed by atoms with E-state index in [1.54, 1.807) is 0 Å². The molecular weight excluding hydrogens is 330 g/mol. The van der Waals surface area contributed by atoms with Gasteiger partial charge in [-0.05, 0) is 42.5 Å². The number of hydrogen-bond donors (Lipinski definition) is 2. The number of benzene rings is 2. The van der Waals surface area contributed by atoms with Gasteiger partial charge in [0.25, 0.3) is 10.0 Å². The molecule has 0 aromatic heterocycles. The lowest BCUT2D eigenvalue weighted by Crippen LogP contribution is -2.14. The zero-order chi connectivity index (χ0) is 16.3. The van der Waals surface area contributed by atoms with Crippen LogP contribution in [0, 0.1) is 0 Å². The Balaban J connectivity index is 2.35. The van der Waals surface area contributed by atoms with Crippen molar-refractivity contribution in [3.05, 3.63) is 53.1 Å². The van der Waals surface area contributed by atoms with Crippen molar-refractivity contribution in [1.29, 1.82) is 0 Å². The summed E-state index contributed by atoms with van der Waals surface area (Å²) in [6.07, 6.45) is 0. The van der Waals surface area contributed by atoms with Gasteiger partial charge in [-0.1, -0.05) is 11.6 Å². The van der Waals surface area contributed by atoms with Crippen LogP contribution in [0.25, 0.3) is 0 Å². The Bertz CT molecular complexity index is 802. The van der Waals surface area contributed by atoms with Crippen LogP contribution in [0.1, 0.15) is 10.4 Å². The number of carbonyl (C=O) groups is 1. The zero-order valence-corrected chi connectivity index (χ0v) is 13.0. The average Bonchev–Trinajstić information content (AvgIpc) is 2.47. The van der Waals surface area contributed by atoms with Gasteiger partial charge < -0.3 is 9.84 Å². The predicted molar refractivity (Wildman–Crippen MR) is 82.2 cm³/mol. The summed E-state index contributed by atoms with van der Waals surface area (Å²) in [5, 5.41) is 9.07. The molecule has 0 heterocycles. The van der Waals surface area contributed by atoms with Crippen LogP contribution in [0.4, 0.5) is 5.69 Å². The molecule has 0 saturated carbocycles. The monoisotopic (exact) mass is 341 g/mol. The van der Waals surface area contributed by atoms with Gasteiger partial charge in [0.15, 0.2) is 0 Å². The van der Waals surface area contributed by atoms with Crippen LogP contribution < -0.4 is 9.46 Å². The number of sulfonamides is 1. The molecule has 22 heavy (non-hydrogen) atoms. The smallest absolute Gasteiger partial charge is 0.335 e. The second-order valence-corrected chi connectivity index (χ2v) is 6.37. The minimum atomic E-state index is -3.92. The molecule has 0 bridgehead atoms. The van der Waals surface area contributed by atoms with Crippen molar-refractivity contribution in [2.24, 2.45) is 0 Å². The number of aromatic carboxylic acids is 1. The molecule has 6 nitrogen and oxygen atoms in total. The Morgan fingerprint density at radius 2 is 1.82 bits per heavy atom. The van der Waals surface area contributed by atoms with E-state index in [0.717, 1.165) is 0 Å². The molecule has 2 rings (SSSR count). The lowest BCUT2D eigenvalue weighted by molar-refractivity contribution is 0.0697. The van der Waals surface area contributed by atoms with Crippen molar-refractivity contribution in [3.63, 3.8) is 0 Å². The Morgan fingerprint density at radius 1 is 1.18 bits per heavy atom. The van der Waals surface area contributed by atoms with Gasteiger partial charge in [-0.25, -0.2) is 13.2 Å². The molecule has 0 aliphatic carbocycles. The van der Waals surface area contributed by atoms with Crippen molar-refractivity contribution >= 4 is 33.3 Å². The molecule has 0 aliphatic heterocycles. The molecule has 0 radical (unpaired) electrons. The van der Waals surface area contributed by atoms with Crippen LogP contribution in [-0.2, 0) is 10.0 Å². The van der Waals surface area contributed by atoms with Gasteiger partial charge in [0, 0.05) is 10.7 Å². The quantitative estimate of drug-likeness (QED) is 0.872. The van der Waals surface area contributed by atoms with E-state index in [9.17, 15) is 13.2 Å². The standard InChI is InChI=1S/C14H12ClNO5S/c1-21-12-7-4-10(15)8-13(12)22(19,20)16-11-5-2-9(3-6-11)14(17)18/h2-8,16H,1H3,(H,17,18). The normalized spacial score (nSPS) is 11.0. The van der Waals surface area contributed by atoms with E-state index in [4.69, 9.17) is 21.4 Å². The lowest BCUT2D eigenvalue weighted by atomic mass is 10.2. The highest BCUT2D eigenvalue weighted by molar-refractivity contribution is 7.92. The third-order valence-corrected chi connectivity index (χ3v) is 4.44. The fraction of sp³-hybridized carbons (Fsp3) is 0.0714. The fourth-order valence-corrected chi connectivity index (χ4v) is 3.24.